The predicted molar refractivity (Wildman–Crippen MR) is 105 cm³/mol. The van der Waals surface area contributed by atoms with E-state index in [2.05, 4.69) is 10.1 Å². The predicted octanol–water partition coefficient (Wildman–Crippen LogP) is 3.52. The van der Waals surface area contributed by atoms with Crippen LogP contribution in [0, 0.1) is 11.2 Å². The topological polar surface area (TPSA) is 91.9 Å². The molecule has 0 fully saturated rings. The molecule has 0 aromatic carbocycles. The van der Waals surface area contributed by atoms with Crippen molar-refractivity contribution in [2.75, 3.05) is 23.0 Å². The molecule has 1 atom stereocenters. The zero-order valence-corrected chi connectivity index (χ0v) is 17.3. The number of anilines is 1. The van der Waals surface area contributed by atoms with Gasteiger partial charge in [0.05, 0.1) is 30.0 Å². The van der Waals surface area contributed by atoms with E-state index >= 15 is 0 Å². The lowest BCUT2D eigenvalue weighted by Gasteiger charge is -2.19. The van der Waals surface area contributed by atoms with Gasteiger partial charge in [-0.15, -0.1) is 0 Å². The smallest absolute Gasteiger partial charge is 0.303 e. The van der Waals surface area contributed by atoms with Crippen molar-refractivity contribution in [3.63, 3.8) is 0 Å². The first-order valence-electron chi connectivity index (χ1n) is 8.69. The average Bonchev–Trinajstić information content (AvgIpc) is 3.03. The van der Waals surface area contributed by atoms with E-state index in [0.29, 0.717) is 0 Å². The number of carbonyl (C=O) groups excluding carboxylic acids is 1. The third-order valence-corrected chi connectivity index (χ3v) is 5.48. The fraction of sp³-hybridized carbons (Fsp3) is 0.412. The summed E-state index contributed by atoms with van der Waals surface area (Å²) in [6.07, 6.45) is -2.08. The summed E-state index contributed by atoms with van der Waals surface area (Å²) in [7, 11) is -1.79. The van der Waals surface area contributed by atoms with E-state index in [4.69, 9.17) is 17.0 Å². The molecular weight excluding hydrogens is 450 g/mol. The SMILES string of the molecule is CCN(C(=O)C(=N)CS(=O)CCCC(F)(F)F)c1cn(-c2cncc(F)c2)nc1Cl. The first-order valence-corrected chi connectivity index (χ1v) is 10.6. The monoisotopic (exact) mass is 467 g/mol. The van der Waals surface area contributed by atoms with Gasteiger partial charge in [0.2, 0.25) is 0 Å². The van der Waals surface area contributed by atoms with E-state index in [1.165, 1.54) is 17.1 Å². The van der Waals surface area contributed by atoms with Crippen molar-refractivity contribution in [1.29, 1.82) is 5.41 Å². The van der Waals surface area contributed by atoms with Gasteiger partial charge < -0.3 is 4.90 Å². The molecule has 164 valence electrons. The van der Waals surface area contributed by atoms with Crippen molar-refractivity contribution in [2.45, 2.75) is 25.9 Å². The van der Waals surface area contributed by atoms with Crippen LogP contribution < -0.4 is 4.90 Å². The van der Waals surface area contributed by atoms with Crippen molar-refractivity contribution in [3.05, 3.63) is 35.6 Å². The van der Waals surface area contributed by atoms with Crippen LogP contribution in [0.15, 0.2) is 24.7 Å². The quantitative estimate of drug-likeness (QED) is 0.451. The molecule has 0 aliphatic heterocycles. The van der Waals surface area contributed by atoms with E-state index in [9.17, 15) is 26.6 Å². The molecule has 1 unspecified atom stereocenters. The van der Waals surface area contributed by atoms with Crippen LogP contribution in [0.25, 0.3) is 5.69 Å². The first-order chi connectivity index (χ1) is 14.0. The lowest BCUT2D eigenvalue weighted by atomic mass is 10.3. The summed E-state index contributed by atoms with van der Waals surface area (Å²) in [6, 6.07) is 1.16. The minimum atomic E-state index is -4.35. The summed E-state index contributed by atoms with van der Waals surface area (Å²) in [5.74, 6) is -2.15. The Kier molecular flexibility index (Phi) is 8.07. The Morgan fingerprint density at radius 1 is 1.37 bits per heavy atom. The van der Waals surface area contributed by atoms with E-state index in [1.54, 1.807) is 6.92 Å². The Morgan fingerprint density at radius 2 is 2.07 bits per heavy atom. The van der Waals surface area contributed by atoms with Crippen LogP contribution in [-0.4, -0.2) is 54.8 Å². The fourth-order valence-electron chi connectivity index (χ4n) is 2.50. The molecule has 0 spiro atoms. The van der Waals surface area contributed by atoms with Crippen LogP contribution in [-0.2, 0) is 15.6 Å². The zero-order chi connectivity index (χ0) is 22.5. The Bertz CT molecular complexity index is 950. The van der Waals surface area contributed by atoms with Gasteiger partial charge in [-0.3, -0.25) is 19.4 Å². The largest absolute Gasteiger partial charge is 0.389 e. The molecular formula is C17H18ClF4N5O2S. The Labute approximate surface area is 177 Å². The van der Waals surface area contributed by atoms with Gasteiger partial charge in [-0.1, -0.05) is 11.6 Å². The molecule has 30 heavy (non-hydrogen) atoms. The third kappa shape index (κ3) is 6.59. The van der Waals surface area contributed by atoms with Crippen molar-refractivity contribution >= 4 is 39.7 Å². The minimum Gasteiger partial charge on any atom is -0.303 e. The Morgan fingerprint density at radius 3 is 2.67 bits per heavy atom. The van der Waals surface area contributed by atoms with E-state index < -0.39 is 46.6 Å². The molecule has 0 saturated heterocycles. The van der Waals surface area contributed by atoms with Crippen molar-refractivity contribution < 1.29 is 26.6 Å². The maximum Gasteiger partial charge on any atom is 0.389 e. The van der Waals surface area contributed by atoms with Gasteiger partial charge in [-0.25, -0.2) is 9.07 Å². The van der Waals surface area contributed by atoms with Gasteiger partial charge >= 0.3 is 6.18 Å². The lowest BCUT2D eigenvalue weighted by molar-refractivity contribution is -0.134. The molecule has 2 heterocycles. The minimum absolute atomic E-state index is 0.0893. The first kappa shape index (κ1) is 23.9. The second-order valence-electron chi connectivity index (χ2n) is 6.15. The maximum atomic E-state index is 13.4. The molecule has 2 aromatic rings. The van der Waals surface area contributed by atoms with Gasteiger partial charge in [0.15, 0.2) is 5.15 Å². The molecule has 0 bridgehead atoms. The van der Waals surface area contributed by atoms with Crippen LogP contribution in [0.2, 0.25) is 5.15 Å². The second-order valence-corrected chi connectivity index (χ2v) is 8.08. The molecule has 0 radical (unpaired) electrons. The third-order valence-electron chi connectivity index (χ3n) is 3.85. The standard InChI is InChI=1S/C17H18ClF4N5O2S/c1-2-26(16(28)13(23)10-30(29)5-3-4-17(20,21)22)14-9-27(25-15(14)18)12-6-11(19)7-24-8-12/h6-9,23H,2-5,10H2,1H3. The molecule has 1 amide bonds. The molecule has 0 aliphatic carbocycles. The molecule has 7 nitrogen and oxygen atoms in total. The average molecular weight is 468 g/mol. The zero-order valence-electron chi connectivity index (χ0n) is 15.7. The van der Waals surface area contributed by atoms with Crippen molar-refractivity contribution in [3.8, 4) is 5.69 Å². The van der Waals surface area contributed by atoms with Crippen LogP contribution in [0.3, 0.4) is 0 Å². The Hall–Kier alpha value is -2.34. The van der Waals surface area contributed by atoms with E-state index in [0.717, 1.165) is 17.2 Å². The maximum absolute atomic E-state index is 13.4. The molecule has 13 heteroatoms. The molecule has 0 aliphatic rings. The number of pyridine rings is 1. The van der Waals surface area contributed by atoms with E-state index in [1.807, 2.05) is 0 Å². The fourth-order valence-corrected chi connectivity index (χ4v) is 3.79. The van der Waals surface area contributed by atoms with Gasteiger partial charge in [-0.2, -0.15) is 18.3 Å². The van der Waals surface area contributed by atoms with Gasteiger partial charge in [-0.05, 0) is 13.3 Å². The highest BCUT2D eigenvalue weighted by Gasteiger charge is 2.27. The van der Waals surface area contributed by atoms with Crippen LogP contribution in [0.1, 0.15) is 19.8 Å². The summed E-state index contributed by atoms with van der Waals surface area (Å²) >= 11 is 6.10. The number of nitrogens with zero attached hydrogens (tertiary/aromatic N) is 4. The number of hydrogen-bond donors (Lipinski definition) is 1. The summed E-state index contributed by atoms with van der Waals surface area (Å²) in [4.78, 5) is 17.4. The van der Waals surface area contributed by atoms with Gasteiger partial charge in [0.25, 0.3) is 5.91 Å². The summed E-state index contributed by atoms with van der Waals surface area (Å²) in [5, 5.41) is 11.8. The number of rotatable bonds is 9. The highest BCUT2D eigenvalue weighted by molar-refractivity contribution is 7.85. The van der Waals surface area contributed by atoms with Crippen molar-refractivity contribution in [2.24, 2.45) is 0 Å². The van der Waals surface area contributed by atoms with Gasteiger partial charge in [0.1, 0.15) is 17.2 Å². The Balaban J connectivity index is 2.09. The highest BCUT2D eigenvalue weighted by Crippen LogP contribution is 2.26. The number of hydrogen-bond acceptors (Lipinski definition) is 5. The lowest BCUT2D eigenvalue weighted by Crippen LogP contribution is -2.38. The number of aromatic nitrogens is 3. The van der Waals surface area contributed by atoms with Gasteiger partial charge in [0, 0.05) is 35.6 Å². The summed E-state index contributed by atoms with van der Waals surface area (Å²) < 4.78 is 63.0. The number of amides is 1. The summed E-state index contributed by atoms with van der Waals surface area (Å²) in [5.41, 5.74) is -0.132. The normalized spacial score (nSPS) is 12.6. The molecule has 1 N–H and O–H groups in total. The van der Waals surface area contributed by atoms with Crippen LogP contribution in [0.4, 0.5) is 23.2 Å². The second kappa shape index (κ2) is 10.1. The molecule has 2 aromatic heterocycles. The number of halogens is 5. The summed E-state index contributed by atoms with van der Waals surface area (Å²) in [6.45, 7) is 1.71. The highest BCUT2D eigenvalue weighted by atomic mass is 35.5. The van der Waals surface area contributed by atoms with Crippen molar-refractivity contribution in [1.82, 2.24) is 14.8 Å². The number of alkyl halides is 3. The number of nitrogens with one attached hydrogen (secondary N) is 1. The van der Waals surface area contributed by atoms with Crippen LogP contribution >= 0.6 is 11.6 Å². The molecule has 2 rings (SSSR count). The van der Waals surface area contributed by atoms with E-state index in [-0.39, 0.29) is 35.2 Å². The molecule has 0 saturated carbocycles. The number of carbonyl (C=O) groups is 1. The van der Waals surface area contributed by atoms with Crippen LogP contribution in [0.5, 0.6) is 0 Å².